The topological polar surface area (TPSA) is 24.9 Å². The molecule has 0 spiro atoms. The molecule has 2 heteroatoms. The van der Waals surface area contributed by atoms with Crippen LogP contribution in [0.25, 0.3) is 6.08 Å². The Labute approximate surface area is 111 Å². The van der Waals surface area contributed by atoms with Gasteiger partial charge in [-0.2, -0.15) is 0 Å². The van der Waals surface area contributed by atoms with E-state index in [4.69, 9.17) is 0 Å². The first-order valence-electron chi connectivity index (χ1n) is 7.07. The first-order chi connectivity index (χ1) is 8.79. The minimum atomic E-state index is 0.771. The maximum Gasteiger partial charge on any atom is 0.0373 e. The summed E-state index contributed by atoms with van der Waals surface area (Å²) in [7, 11) is 2.03. The van der Waals surface area contributed by atoms with Gasteiger partial charge >= 0.3 is 0 Å². The lowest BCUT2D eigenvalue weighted by molar-refractivity contribution is 0.398. The minimum absolute atomic E-state index is 0.771. The van der Waals surface area contributed by atoms with Crippen LogP contribution in [0.1, 0.15) is 43.4 Å². The van der Waals surface area contributed by atoms with Crippen LogP contribution in [0.5, 0.6) is 0 Å². The smallest absolute Gasteiger partial charge is 0.0373 e. The summed E-state index contributed by atoms with van der Waals surface area (Å²) in [4.78, 5) is 4.37. The monoisotopic (exact) mass is 244 g/mol. The average molecular weight is 244 g/mol. The first kappa shape index (κ1) is 13.3. The van der Waals surface area contributed by atoms with Crippen molar-refractivity contribution in [3.8, 4) is 0 Å². The quantitative estimate of drug-likeness (QED) is 0.875. The van der Waals surface area contributed by atoms with Crippen molar-refractivity contribution in [2.45, 2.75) is 39.0 Å². The standard InChI is InChI=1S/C16H24N2/c1-13-8-9-14(11-18-13)10-16(12-17-2)15-6-4-3-5-7-15/h8-11,15,17H,3-7,12H2,1-2H3/b16-10-. The fourth-order valence-corrected chi connectivity index (χ4v) is 2.77. The van der Waals surface area contributed by atoms with E-state index in [0.29, 0.717) is 0 Å². The molecule has 2 nitrogen and oxygen atoms in total. The second-order valence-electron chi connectivity index (χ2n) is 5.32. The van der Waals surface area contributed by atoms with Gasteiger partial charge in [-0.15, -0.1) is 0 Å². The van der Waals surface area contributed by atoms with E-state index in [2.05, 4.69) is 28.5 Å². The molecular weight excluding hydrogens is 220 g/mol. The number of aromatic nitrogens is 1. The lowest BCUT2D eigenvalue weighted by Crippen LogP contribution is -2.19. The van der Waals surface area contributed by atoms with Crippen LogP contribution in [0, 0.1) is 12.8 Å². The average Bonchev–Trinajstić information content (AvgIpc) is 2.42. The molecule has 0 aromatic carbocycles. The van der Waals surface area contributed by atoms with Crippen molar-refractivity contribution in [3.63, 3.8) is 0 Å². The summed E-state index contributed by atoms with van der Waals surface area (Å²) >= 11 is 0. The number of nitrogens with zero attached hydrogens (tertiary/aromatic N) is 1. The van der Waals surface area contributed by atoms with Gasteiger partial charge in [-0.1, -0.05) is 37.0 Å². The highest BCUT2D eigenvalue weighted by atomic mass is 14.8. The van der Waals surface area contributed by atoms with Crippen LogP contribution in [0.2, 0.25) is 0 Å². The number of nitrogens with one attached hydrogen (secondary N) is 1. The Morgan fingerprint density at radius 1 is 1.33 bits per heavy atom. The Morgan fingerprint density at radius 2 is 2.11 bits per heavy atom. The molecule has 1 saturated carbocycles. The molecule has 0 bridgehead atoms. The second kappa shape index (κ2) is 6.69. The third-order valence-corrected chi connectivity index (χ3v) is 3.80. The van der Waals surface area contributed by atoms with Crippen molar-refractivity contribution < 1.29 is 0 Å². The SMILES string of the molecule is CNC/C(=C/c1ccc(C)nc1)C1CCCCC1. The summed E-state index contributed by atoms with van der Waals surface area (Å²) in [5, 5.41) is 3.31. The van der Waals surface area contributed by atoms with Crippen LogP contribution in [0.3, 0.4) is 0 Å². The van der Waals surface area contributed by atoms with Gasteiger partial charge in [-0.05, 0) is 44.4 Å². The number of pyridine rings is 1. The third-order valence-electron chi connectivity index (χ3n) is 3.80. The third kappa shape index (κ3) is 3.67. The lowest BCUT2D eigenvalue weighted by atomic mass is 9.83. The van der Waals surface area contributed by atoms with Gasteiger partial charge in [0.05, 0.1) is 0 Å². The number of aryl methyl sites for hydroxylation is 1. The molecule has 1 aromatic heterocycles. The Hall–Kier alpha value is -1.15. The van der Waals surface area contributed by atoms with E-state index in [-0.39, 0.29) is 0 Å². The molecule has 0 atom stereocenters. The van der Waals surface area contributed by atoms with Gasteiger partial charge in [0.15, 0.2) is 0 Å². The summed E-state index contributed by atoms with van der Waals surface area (Å²) in [6.45, 7) is 3.03. The van der Waals surface area contributed by atoms with Gasteiger partial charge < -0.3 is 5.32 Å². The van der Waals surface area contributed by atoms with Gasteiger partial charge in [0.2, 0.25) is 0 Å². The van der Waals surface area contributed by atoms with Crippen molar-refractivity contribution in [2.75, 3.05) is 13.6 Å². The summed E-state index contributed by atoms with van der Waals surface area (Å²) in [5.41, 5.74) is 3.86. The molecule has 18 heavy (non-hydrogen) atoms. The summed E-state index contributed by atoms with van der Waals surface area (Å²) < 4.78 is 0. The van der Waals surface area contributed by atoms with Crippen molar-refractivity contribution in [1.29, 1.82) is 0 Å². The van der Waals surface area contributed by atoms with E-state index in [0.717, 1.165) is 18.2 Å². The number of hydrogen-bond donors (Lipinski definition) is 1. The molecule has 0 aliphatic heterocycles. The Bertz CT molecular complexity index is 386. The fourth-order valence-electron chi connectivity index (χ4n) is 2.77. The van der Waals surface area contributed by atoms with E-state index in [9.17, 15) is 0 Å². The minimum Gasteiger partial charge on any atom is -0.316 e. The van der Waals surface area contributed by atoms with Crippen LogP contribution in [-0.4, -0.2) is 18.6 Å². The zero-order chi connectivity index (χ0) is 12.8. The highest BCUT2D eigenvalue weighted by Gasteiger charge is 2.17. The van der Waals surface area contributed by atoms with Crippen LogP contribution >= 0.6 is 0 Å². The molecule has 1 aromatic rings. The highest BCUT2D eigenvalue weighted by Crippen LogP contribution is 2.30. The molecule has 98 valence electrons. The molecule has 0 saturated heterocycles. The second-order valence-corrected chi connectivity index (χ2v) is 5.32. The predicted octanol–water partition coefficient (Wildman–Crippen LogP) is 3.57. The van der Waals surface area contributed by atoms with Crippen LogP contribution in [0.15, 0.2) is 23.9 Å². The fraction of sp³-hybridized carbons (Fsp3) is 0.562. The molecular formula is C16H24N2. The van der Waals surface area contributed by atoms with Gasteiger partial charge in [-0.25, -0.2) is 0 Å². The normalized spacial score (nSPS) is 18.0. The Balaban J connectivity index is 2.14. The zero-order valence-corrected chi connectivity index (χ0v) is 11.6. The molecule has 1 aliphatic rings. The maximum atomic E-state index is 4.37. The van der Waals surface area contributed by atoms with Crippen LogP contribution < -0.4 is 5.32 Å². The predicted molar refractivity (Wildman–Crippen MR) is 77.5 cm³/mol. The summed E-state index contributed by atoms with van der Waals surface area (Å²) in [6.07, 6.45) is 11.2. The lowest BCUT2D eigenvalue weighted by Gasteiger charge is -2.24. The summed E-state index contributed by atoms with van der Waals surface area (Å²) in [6, 6.07) is 4.25. The van der Waals surface area contributed by atoms with E-state index >= 15 is 0 Å². The molecule has 1 N–H and O–H groups in total. The van der Waals surface area contributed by atoms with Gasteiger partial charge in [0, 0.05) is 18.4 Å². The largest absolute Gasteiger partial charge is 0.316 e. The van der Waals surface area contributed by atoms with E-state index < -0.39 is 0 Å². The molecule has 0 amide bonds. The molecule has 0 radical (unpaired) electrons. The first-order valence-corrected chi connectivity index (χ1v) is 7.07. The Morgan fingerprint density at radius 3 is 2.72 bits per heavy atom. The highest BCUT2D eigenvalue weighted by molar-refractivity contribution is 5.53. The van der Waals surface area contributed by atoms with Crippen LogP contribution in [-0.2, 0) is 0 Å². The molecule has 2 rings (SSSR count). The van der Waals surface area contributed by atoms with E-state index in [1.54, 1.807) is 5.57 Å². The zero-order valence-electron chi connectivity index (χ0n) is 11.6. The van der Waals surface area contributed by atoms with E-state index in [1.165, 1.54) is 37.7 Å². The van der Waals surface area contributed by atoms with Crippen molar-refractivity contribution >= 4 is 6.08 Å². The molecule has 1 fully saturated rings. The summed E-state index contributed by atoms with van der Waals surface area (Å²) in [5.74, 6) is 0.771. The number of hydrogen-bond acceptors (Lipinski definition) is 2. The van der Waals surface area contributed by atoms with Gasteiger partial charge in [0.1, 0.15) is 0 Å². The van der Waals surface area contributed by atoms with E-state index in [1.807, 2.05) is 20.2 Å². The van der Waals surface area contributed by atoms with Gasteiger partial charge in [-0.3, -0.25) is 4.98 Å². The van der Waals surface area contributed by atoms with Crippen molar-refractivity contribution in [3.05, 3.63) is 35.2 Å². The molecule has 1 aliphatic carbocycles. The number of likely N-dealkylation sites (N-methyl/N-ethyl adjacent to an activating group) is 1. The number of rotatable bonds is 4. The van der Waals surface area contributed by atoms with Gasteiger partial charge in [0.25, 0.3) is 0 Å². The molecule has 0 unspecified atom stereocenters. The van der Waals surface area contributed by atoms with Crippen molar-refractivity contribution in [2.24, 2.45) is 5.92 Å². The maximum absolute atomic E-state index is 4.37. The Kier molecular flexibility index (Phi) is 4.94. The van der Waals surface area contributed by atoms with Crippen LogP contribution in [0.4, 0.5) is 0 Å². The molecule has 1 heterocycles. The van der Waals surface area contributed by atoms with Crippen molar-refractivity contribution in [1.82, 2.24) is 10.3 Å².